The summed E-state index contributed by atoms with van der Waals surface area (Å²) < 4.78 is 0. The van der Waals surface area contributed by atoms with Crippen LogP contribution < -0.4 is 10.6 Å². The third-order valence-electron chi connectivity index (χ3n) is 2.84. The van der Waals surface area contributed by atoms with E-state index in [2.05, 4.69) is 0 Å². The second-order valence-electron chi connectivity index (χ2n) is 4.28. The van der Waals surface area contributed by atoms with Crippen LogP contribution in [0.3, 0.4) is 0 Å². The van der Waals surface area contributed by atoms with Crippen molar-refractivity contribution in [3.63, 3.8) is 0 Å². The van der Waals surface area contributed by atoms with Crippen molar-refractivity contribution in [2.24, 2.45) is 0 Å². The van der Waals surface area contributed by atoms with Gasteiger partial charge in [0, 0.05) is 20.2 Å². The molecular weight excluding hydrogens is 232 g/mol. The molecule has 5 nitrogen and oxygen atoms in total. The maximum atomic E-state index is 10.9. The van der Waals surface area contributed by atoms with Crippen molar-refractivity contribution >= 4 is 17.3 Å². The van der Waals surface area contributed by atoms with Crippen molar-refractivity contribution in [1.29, 1.82) is 0 Å². The number of carboxylic acid groups (broad SMARTS) is 1. The highest BCUT2D eigenvalue weighted by atomic mass is 16.4. The Bertz CT molecular complexity index is 407. The minimum Gasteiger partial charge on any atom is -0.478 e. The van der Waals surface area contributed by atoms with Crippen LogP contribution in [0.15, 0.2) is 18.2 Å². The smallest absolute Gasteiger partial charge is 0.335 e. The van der Waals surface area contributed by atoms with E-state index in [-0.39, 0.29) is 12.2 Å². The van der Waals surface area contributed by atoms with Gasteiger partial charge in [0.1, 0.15) is 0 Å². The average Bonchev–Trinajstić information content (AvgIpc) is 2.34. The second kappa shape index (κ2) is 6.86. The van der Waals surface area contributed by atoms with Crippen molar-refractivity contribution in [3.8, 4) is 0 Å². The lowest BCUT2D eigenvalue weighted by Gasteiger charge is -2.21. The molecule has 100 valence electrons. The number of aromatic carboxylic acids is 1. The number of nitrogens with zero attached hydrogens (tertiary/aromatic N) is 1. The Morgan fingerprint density at radius 2 is 2.06 bits per heavy atom. The first-order valence-electron chi connectivity index (χ1n) is 6.01. The van der Waals surface area contributed by atoms with Crippen LogP contribution in [-0.2, 0) is 0 Å². The maximum absolute atomic E-state index is 10.9. The summed E-state index contributed by atoms with van der Waals surface area (Å²) >= 11 is 0. The molecule has 0 bridgehead atoms. The highest BCUT2D eigenvalue weighted by Gasteiger charge is 2.09. The first-order chi connectivity index (χ1) is 8.56. The van der Waals surface area contributed by atoms with Gasteiger partial charge in [-0.1, -0.05) is 0 Å². The maximum Gasteiger partial charge on any atom is 0.335 e. The highest BCUT2D eigenvalue weighted by molar-refractivity contribution is 5.90. The largest absolute Gasteiger partial charge is 0.478 e. The van der Waals surface area contributed by atoms with Gasteiger partial charge in [-0.15, -0.1) is 0 Å². The molecule has 18 heavy (non-hydrogen) atoms. The normalized spacial score (nSPS) is 10.3. The number of nitrogen functional groups attached to an aromatic ring is 1. The number of hydrogen-bond donors (Lipinski definition) is 3. The molecule has 0 unspecified atom stereocenters. The zero-order valence-corrected chi connectivity index (χ0v) is 10.6. The van der Waals surface area contributed by atoms with E-state index in [4.69, 9.17) is 15.9 Å². The SMILES string of the molecule is CN(CCCCCO)c1cc(C(=O)O)ccc1N. The number of hydrogen-bond acceptors (Lipinski definition) is 4. The predicted octanol–water partition coefficient (Wildman–Crippen LogP) is 1.57. The molecule has 0 fully saturated rings. The third-order valence-corrected chi connectivity index (χ3v) is 2.84. The second-order valence-corrected chi connectivity index (χ2v) is 4.28. The Morgan fingerprint density at radius 1 is 1.33 bits per heavy atom. The van der Waals surface area contributed by atoms with E-state index < -0.39 is 5.97 Å². The standard InChI is InChI=1S/C13H20N2O3/c1-15(7-3-2-4-8-16)12-9-10(13(17)18)5-6-11(12)14/h5-6,9,16H,2-4,7-8,14H2,1H3,(H,17,18). The fourth-order valence-corrected chi connectivity index (χ4v) is 1.77. The molecule has 0 saturated heterocycles. The van der Waals surface area contributed by atoms with E-state index in [1.165, 1.54) is 6.07 Å². The molecule has 5 heteroatoms. The molecule has 0 aromatic heterocycles. The number of carbonyl (C=O) groups is 1. The summed E-state index contributed by atoms with van der Waals surface area (Å²) in [6.45, 7) is 0.994. The summed E-state index contributed by atoms with van der Waals surface area (Å²) in [5, 5.41) is 17.6. The fraction of sp³-hybridized carbons (Fsp3) is 0.462. The van der Waals surface area contributed by atoms with Gasteiger partial charge < -0.3 is 20.8 Å². The van der Waals surface area contributed by atoms with E-state index in [9.17, 15) is 4.79 Å². The Labute approximate surface area is 107 Å². The van der Waals surface area contributed by atoms with Crippen molar-refractivity contribution in [3.05, 3.63) is 23.8 Å². The lowest BCUT2D eigenvalue weighted by atomic mass is 10.1. The molecule has 0 aliphatic rings. The van der Waals surface area contributed by atoms with Crippen molar-refractivity contribution in [2.75, 3.05) is 30.8 Å². The molecule has 1 aromatic carbocycles. The number of unbranched alkanes of at least 4 members (excludes halogenated alkanes) is 2. The topological polar surface area (TPSA) is 86.8 Å². The molecule has 0 heterocycles. The lowest BCUT2D eigenvalue weighted by Crippen LogP contribution is -2.20. The van der Waals surface area contributed by atoms with E-state index in [0.29, 0.717) is 5.69 Å². The van der Waals surface area contributed by atoms with E-state index in [1.54, 1.807) is 12.1 Å². The summed E-state index contributed by atoms with van der Waals surface area (Å²) in [5.74, 6) is -0.954. The molecule has 4 N–H and O–H groups in total. The summed E-state index contributed by atoms with van der Waals surface area (Å²) in [6, 6.07) is 4.70. The zero-order chi connectivity index (χ0) is 13.5. The number of carboxylic acids is 1. The quantitative estimate of drug-likeness (QED) is 0.506. The molecule has 0 radical (unpaired) electrons. The Balaban J connectivity index is 2.68. The minimum absolute atomic E-state index is 0.209. The lowest BCUT2D eigenvalue weighted by molar-refractivity contribution is 0.0697. The number of rotatable bonds is 7. The van der Waals surface area contributed by atoms with Crippen LogP contribution in [0.1, 0.15) is 29.6 Å². The molecule has 1 rings (SSSR count). The monoisotopic (exact) mass is 252 g/mol. The number of aliphatic hydroxyl groups excluding tert-OH is 1. The molecule has 0 aliphatic carbocycles. The number of nitrogens with two attached hydrogens (primary N) is 1. The van der Waals surface area contributed by atoms with Gasteiger partial charge >= 0.3 is 5.97 Å². The first kappa shape index (κ1) is 14.3. The van der Waals surface area contributed by atoms with Gasteiger partial charge in [-0.05, 0) is 37.5 Å². The van der Waals surface area contributed by atoms with Gasteiger partial charge in [0.05, 0.1) is 16.9 Å². The summed E-state index contributed by atoms with van der Waals surface area (Å²) in [4.78, 5) is 12.8. The fourth-order valence-electron chi connectivity index (χ4n) is 1.77. The molecular formula is C13H20N2O3. The van der Waals surface area contributed by atoms with Crippen LogP contribution >= 0.6 is 0 Å². The molecule has 0 spiro atoms. The van der Waals surface area contributed by atoms with E-state index in [0.717, 1.165) is 31.5 Å². The zero-order valence-electron chi connectivity index (χ0n) is 10.6. The molecule has 0 amide bonds. The average molecular weight is 252 g/mol. The first-order valence-corrected chi connectivity index (χ1v) is 6.01. The van der Waals surface area contributed by atoms with Crippen LogP contribution in [-0.4, -0.2) is 36.4 Å². The van der Waals surface area contributed by atoms with Crippen LogP contribution in [0.25, 0.3) is 0 Å². The van der Waals surface area contributed by atoms with Crippen molar-refractivity contribution < 1.29 is 15.0 Å². The van der Waals surface area contributed by atoms with Gasteiger partial charge in [-0.25, -0.2) is 4.79 Å². The van der Waals surface area contributed by atoms with E-state index in [1.807, 2.05) is 11.9 Å². The Morgan fingerprint density at radius 3 is 2.67 bits per heavy atom. The Kier molecular flexibility index (Phi) is 5.45. The van der Waals surface area contributed by atoms with Gasteiger partial charge in [-0.2, -0.15) is 0 Å². The highest BCUT2D eigenvalue weighted by Crippen LogP contribution is 2.24. The molecule has 0 saturated carbocycles. The van der Waals surface area contributed by atoms with Gasteiger partial charge in [0.2, 0.25) is 0 Å². The minimum atomic E-state index is -0.954. The van der Waals surface area contributed by atoms with Gasteiger partial charge in [0.25, 0.3) is 0 Å². The third kappa shape index (κ3) is 3.92. The number of benzene rings is 1. The van der Waals surface area contributed by atoms with Crippen LogP contribution in [0, 0.1) is 0 Å². The number of aliphatic hydroxyl groups is 1. The van der Waals surface area contributed by atoms with Gasteiger partial charge in [-0.3, -0.25) is 0 Å². The number of anilines is 2. The van der Waals surface area contributed by atoms with Crippen molar-refractivity contribution in [1.82, 2.24) is 0 Å². The summed E-state index contributed by atoms with van der Waals surface area (Å²) in [7, 11) is 1.89. The van der Waals surface area contributed by atoms with Gasteiger partial charge in [0.15, 0.2) is 0 Å². The van der Waals surface area contributed by atoms with Crippen LogP contribution in [0.4, 0.5) is 11.4 Å². The van der Waals surface area contributed by atoms with Crippen molar-refractivity contribution in [2.45, 2.75) is 19.3 Å². The molecule has 1 aromatic rings. The predicted molar refractivity (Wildman–Crippen MR) is 72.0 cm³/mol. The summed E-state index contributed by atoms with van der Waals surface area (Å²) in [6.07, 6.45) is 2.67. The van der Waals surface area contributed by atoms with Crippen LogP contribution in [0.5, 0.6) is 0 Å². The van der Waals surface area contributed by atoms with Crippen LogP contribution in [0.2, 0.25) is 0 Å². The molecule has 0 aliphatic heterocycles. The van der Waals surface area contributed by atoms with E-state index >= 15 is 0 Å². The summed E-state index contributed by atoms with van der Waals surface area (Å²) in [5.41, 5.74) is 7.39. The molecule has 0 atom stereocenters. The Hall–Kier alpha value is -1.75.